The molecular weight excluding hydrogens is 576 g/mol. The topological polar surface area (TPSA) is 133 Å². The zero-order chi connectivity index (χ0) is 32.1. The molecule has 1 saturated carbocycles. The maximum Gasteiger partial charge on any atom is 0.247 e. The lowest BCUT2D eigenvalue weighted by Gasteiger charge is -2.33. The molecule has 0 heterocycles. The average Bonchev–Trinajstić information content (AvgIpc) is 3.02. The van der Waals surface area contributed by atoms with E-state index >= 15 is 0 Å². The van der Waals surface area contributed by atoms with Gasteiger partial charge in [-0.05, 0) is 55.2 Å². The second kappa shape index (κ2) is 17.5. The van der Waals surface area contributed by atoms with Gasteiger partial charge in [-0.1, -0.05) is 101 Å². The van der Waals surface area contributed by atoms with Crippen LogP contribution in [-0.2, 0) is 25.8 Å². The minimum atomic E-state index is -3.87. The van der Waals surface area contributed by atoms with Crippen LogP contribution in [0.15, 0.2) is 76.5 Å². The van der Waals surface area contributed by atoms with Gasteiger partial charge in [0, 0.05) is 17.5 Å². The van der Waals surface area contributed by atoms with Crippen molar-refractivity contribution in [2.75, 3.05) is 6.54 Å². The molecule has 3 rings (SSSR count). The molecule has 1 aliphatic rings. The van der Waals surface area contributed by atoms with Gasteiger partial charge in [0.1, 0.15) is 6.10 Å². The Balaban J connectivity index is 1.69. The van der Waals surface area contributed by atoms with Gasteiger partial charge in [-0.15, -0.1) is 0 Å². The number of carbonyl (C=O) groups is 2. The number of aliphatic hydroxyl groups excluding tert-OH is 2. The third kappa shape index (κ3) is 11.5. The number of nitrogens with one attached hydrogen (secondary N) is 2. The third-order valence-corrected chi connectivity index (χ3v) is 9.89. The summed E-state index contributed by atoms with van der Waals surface area (Å²) in [5.41, 5.74) is 1.07. The molecule has 0 saturated heterocycles. The van der Waals surface area contributed by atoms with Crippen molar-refractivity contribution in [2.24, 2.45) is 17.8 Å². The number of hydrogen-bond acceptors (Lipinski definition) is 6. The second-order valence-corrected chi connectivity index (χ2v) is 14.4. The summed E-state index contributed by atoms with van der Waals surface area (Å²) in [6.07, 6.45) is 5.14. The van der Waals surface area contributed by atoms with Crippen molar-refractivity contribution < 1.29 is 28.2 Å². The highest BCUT2D eigenvalue weighted by Gasteiger charge is 2.32. The van der Waals surface area contributed by atoms with Gasteiger partial charge in [0.05, 0.1) is 23.0 Å². The Bertz CT molecular complexity index is 1310. The lowest BCUT2D eigenvalue weighted by atomic mass is 9.82. The molecule has 2 aromatic rings. The molecule has 1 fully saturated rings. The fourth-order valence-electron chi connectivity index (χ4n) is 5.75. The molecule has 2 amide bonds. The van der Waals surface area contributed by atoms with Crippen molar-refractivity contribution in [3.05, 3.63) is 77.2 Å². The number of amides is 2. The molecule has 0 spiro atoms. The highest BCUT2D eigenvalue weighted by atomic mass is 32.2. The predicted octanol–water partition coefficient (Wildman–Crippen LogP) is 4.95. The van der Waals surface area contributed by atoms with Gasteiger partial charge in [0.15, 0.2) is 9.84 Å². The van der Waals surface area contributed by atoms with Gasteiger partial charge in [-0.3, -0.25) is 9.59 Å². The zero-order valence-electron chi connectivity index (χ0n) is 26.3. The van der Waals surface area contributed by atoms with Gasteiger partial charge < -0.3 is 20.8 Å². The molecule has 0 bridgehead atoms. The van der Waals surface area contributed by atoms with E-state index in [0.29, 0.717) is 25.2 Å². The maximum atomic E-state index is 13.3. The summed E-state index contributed by atoms with van der Waals surface area (Å²) < 4.78 is 26.2. The number of hydrogen-bond donors (Lipinski definition) is 4. The van der Waals surface area contributed by atoms with Gasteiger partial charge in [0.2, 0.25) is 11.8 Å². The Morgan fingerprint density at radius 3 is 2.16 bits per heavy atom. The van der Waals surface area contributed by atoms with Crippen LogP contribution in [0.1, 0.15) is 77.7 Å². The van der Waals surface area contributed by atoms with Crippen LogP contribution in [0.2, 0.25) is 0 Å². The average molecular weight is 627 g/mol. The lowest BCUT2D eigenvalue weighted by Crippen LogP contribution is -2.52. The molecule has 8 nitrogen and oxygen atoms in total. The first-order valence-corrected chi connectivity index (χ1v) is 17.5. The minimum absolute atomic E-state index is 0.0144. The first-order chi connectivity index (χ1) is 21.0. The number of benzene rings is 2. The van der Waals surface area contributed by atoms with Crippen LogP contribution in [-0.4, -0.2) is 55.2 Å². The van der Waals surface area contributed by atoms with Crippen molar-refractivity contribution in [3.8, 4) is 0 Å². The van der Waals surface area contributed by atoms with E-state index < -0.39 is 39.9 Å². The Labute approximate surface area is 263 Å². The van der Waals surface area contributed by atoms with Crippen molar-refractivity contribution in [2.45, 2.75) is 102 Å². The Hall–Kier alpha value is -3.01. The molecule has 0 aliphatic heterocycles. The summed E-state index contributed by atoms with van der Waals surface area (Å²) >= 11 is 0. The van der Waals surface area contributed by atoms with Crippen LogP contribution in [0.25, 0.3) is 0 Å². The van der Waals surface area contributed by atoms with E-state index in [0.717, 1.165) is 36.7 Å². The summed E-state index contributed by atoms with van der Waals surface area (Å²) in [6, 6.07) is 16.9. The van der Waals surface area contributed by atoms with Crippen LogP contribution < -0.4 is 10.6 Å². The van der Waals surface area contributed by atoms with E-state index in [1.807, 2.05) is 44.2 Å². The molecule has 0 radical (unpaired) electrons. The molecule has 0 unspecified atom stereocenters. The van der Waals surface area contributed by atoms with Crippen molar-refractivity contribution >= 4 is 21.7 Å². The van der Waals surface area contributed by atoms with Crippen LogP contribution in [0.4, 0.5) is 0 Å². The molecule has 44 heavy (non-hydrogen) atoms. The number of aliphatic hydroxyl groups is 2. The van der Waals surface area contributed by atoms with Crippen LogP contribution in [0, 0.1) is 17.8 Å². The largest absolute Gasteiger partial charge is 0.390 e. The van der Waals surface area contributed by atoms with E-state index in [2.05, 4.69) is 10.6 Å². The van der Waals surface area contributed by atoms with Gasteiger partial charge in [0.25, 0.3) is 0 Å². The Kier molecular flexibility index (Phi) is 14.1. The van der Waals surface area contributed by atoms with E-state index in [1.165, 1.54) is 18.6 Å². The van der Waals surface area contributed by atoms with Crippen molar-refractivity contribution in [1.29, 1.82) is 0 Å². The molecule has 1 aliphatic carbocycles. The molecule has 4 atom stereocenters. The Morgan fingerprint density at radius 1 is 0.932 bits per heavy atom. The second-order valence-electron chi connectivity index (χ2n) is 12.6. The Morgan fingerprint density at radius 2 is 1.55 bits per heavy atom. The molecule has 4 N–H and O–H groups in total. The number of rotatable bonds is 16. The smallest absolute Gasteiger partial charge is 0.247 e. The fourth-order valence-corrected chi connectivity index (χ4v) is 7.02. The summed E-state index contributed by atoms with van der Waals surface area (Å²) in [4.78, 5) is 26.7. The molecular formula is C35H50N2O6S. The molecule has 2 aromatic carbocycles. The standard InChI is InChI=1S/C35H50N2O6S/c1-25(2)21-32(38)33(39)31(22-28-15-9-5-10-16-28)37-34(40)26(3)23-36-35(41)29(20-19-27-13-7-4-8-14-27)24-44(42,43)30-17-11-6-12-18-30/h4,6-8,11-14,17-18,24-26,28,31-33,38-39H,5,9-10,15-16,19-23H2,1-3H3,(H,36,41)(H,37,40)/b29-24+/t26-,31+,32+,33-/m1/s1. The summed E-state index contributed by atoms with van der Waals surface area (Å²) in [5.74, 6) is -0.980. The van der Waals surface area contributed by atoms with Gasteiger partial charge in [-0.2, -0.15) is 0 Å². The van der Waals surface area contributed by atoms with Crippen LogP contribution in [0.3, 0.4) is 0 Å². The molecule has 242 valence electrons. The quantitative estimate of drug-likeness (QED) is 0.195. The fraction of sp³-hybridized carbons (Fsp3) is 0.543. The molecule has 9 heteroatoms. The summed E-state index contributed by atoms with van der Waals surface area (Å²) in [5, 5.41) is 28.5. The van der Waals surface area contributed by atoms with Gasteiger partial charge in [-0.25, -0.2) is 8.42 Å². The predicted molar refractivity (Wildman–Crippen MR) is 173 cm³/mol. The third-order valence-electron chi connectivity index (χ3n) is 8.36. The number of carbonyl (C=O) groups excluding carboxylic acids is 2. The van der Waals surface area contributed by atoms with E-state index in [9.17, 15) is 28.2 Å². The van der Waals surface area contributed by atoms with E-state index in [4.69, 9.17) is 0 Å². The SMILES string of the molecule is CC(C)C[C@H](O)[C@H](O)[C@H](CC1CCCCC1)NC(=O)[C@H](C)CNC(=O)/C(=C/S(=O)(=O)c1ccccc1)CCc1ccccc1. The summed E-state index contributed by atoms with van der Waals surface area (Å²) in [6.45, 7) is 5.62. The lowest BCUT2D eigenvalue weighted by molar-refractivity contribution is -0.127. The number of aryl methyl sites for hydroxylation is 1. The monoisotopic (exact) mass is 626 g/mol. The number of sulfone groups is 1. The van der Waals surface area contributed by atoms with Crippen LogP contribution >= 0.6 is 0 Å². The first-order valence-electron chi connectivity index (χ1n) is 16.0. The highest BCUT2D eigenvalue weighted by molar-refractivity contribution is 7.94. The highest BCUT2D eigenvalue weighted by Crippen LogP contribution is 2.29. The van der Waals surface area contributed by atoms with Crippen molar-refractivity contribution in [1.82, 2.24) is 10.6 Å². The van der Waals surface area contributed by atoms with E-state index in [-0.39, 0.29) is 35.3 Å². The van der Waals surface area contributed by atoms with Crippen molar-refractivity contribution in [3.63, 3.8) is 0 Å². The summed E-state index contributed by atoms with van der Waals surface area (Å²) in [7, 11) is -3.87. The zero-order valence-corrected chi connectivity index (χ0v) is 27.1. The first kappa shape index (κ1) is 35.5. The normalized spacial score (nSPS) is 17.5. The molecule has 0 aromatic heterocycles. The van der Waals surface area contributed by atoms with Gasteiger partial charge >= 0.3 is 0 Å². The maximum absolute atomic E-state index is 13.3. The van der Waals surface area contributed by atoms with Crippen LogP contribution in [0.5, 0.6) is 0 Å². The minimum Gasteiger partial charge on any atom is -0.390 e. The van der Waals surface area contributed by atoms with E-state index in [1.54, 1.807) is 25.1 Å².